The maximum atomic E-state index is 3.71. The summed E-state index contributed by atoms with van der Waals surface area (Å²) in [6, 6.07) is 1.59. The third-order valence-corrected chi connectivity index (χ3v) is 4.69. The minimum absolute atomic E-state index is 0.248. The van der Waals surface area contributed by atoms with E-state index in [9.17, 15) is 0 Å². The summed E-state index contributed by atoms with van der Waals surface area (Å²) < 4.78 is 0. The van der Waals surface area contributed by atoms with Gasteiger partial charge in [0.05, 0.1) is 0 Å². The Balaban J connectivity index is 2.61. The van der Waals surface area contributed by atoms with Crippen LogP contribution in [0, 0.1) is 11.8 Å². The lowest BCUT2D eigenvalue weighted by molar-refractivity contribution is 0.0132. The Hall–Kier alpha value is -0.0800. The molecule has 1 aliphatic carbocycles. The molecular weight excluding hydrogens is 244 g/mol. The van der Waals surface area contributed by atoms with E-state index in [0.717, 1.165) is 23.9 Å². The highest BCUT2D eigenvalue weighted by molar-refractivity contribution is 4.93. The van der Waals surface area contributed by atoms with Gasteiger partial charge in [-0.1, -0.05) is 27.7 Å². The number of rotatable bonds is 8. The molecule has 0 aromatic carbocycles. The predicted octanol–water partition coefficient (Wildman–Crippen LogP) is 4.30. The van der Waals surface area contributed by atoms with Gasteiger partial charge in [0.25, 0.3) is 0 Å². The minimum Gasteiger partial charge on any atom is -0.312 e. The summed E-state index contributed by atoms with van der Waals surface area (Å²) in [4.78, 5) is 2.84. The van der Waals surface area contributed by atoms with Crippen molar-refractivity contribution >= 4 is 0 Å². The van der Waals surface area contributed by atoms with Gasteiger partial charge >= 0.3 is 0 Å². The Morgan fingerprint density at radius 2 is 1.70 bits per heavy atom. The highest BCUT2D eigenvalue weighted by atomic mass is 15.2. The molecule has 120 valence electrons. The molecule has 0 saturated heterocycles. The van der Waals surface area contributed by atoms with E-state index < -0.39 is 0 Å². The molecule has 0 amide bonds. The van der Waals surface area contributed by atoms with Gasteiger partial charge in [0.15, 0.2) is 0 Å². The molecule has 1 fully saturated rings. The van der Waals surface area contributed by atoms with Crippen molar-refractivity contribution in [2.24, 2.45) is 11.8 Å². The Morgan fingerprint density at radius 3 is 2.05 bits per heavy atom. The highest BCUT2D eigenvalue weighted by Crippen LogP contribution is 2.35. The second-order valence-corrected chi connectivity index (χ2v) is 8.10. The molecule has 1 N–H and O–H groups in total. The van der Waals surface area contributed by atoms with E-state index in [1.165, 1.54) is 38.8 Å². The molecule has 0 radical (unpaired) electrons. The summed E-state index contributed by atoms with van der Waals surface area (Å²) in [7, 11) is 0. The van der Waals surface area contributed by atoms with Crippen molar-refractivity contribution in [3.63, 3.8) is 0 Å². The molecule has 2 heteroatoms. The van der Waals surface area contributed by atoms with Crippen LogP contribution in [0.25, 0.3) is 0 Å². The average Bonchev–Trinajstić information content (AvgIpc) is 2.26. The second kappa shape index (κ2) is 7.79. The minimum atomic E-state index is 0.248. The SMILES string of the molecule is CCC(CC)N(CC(C)C)C1CCC1CNC(C)(C)C. The van der Waals surface area contributed by atoms with Crippen LogP contribution >= 0.6 is 0 Å². The van der Waals surface area contributed by atoms with Crippen molar-refractivity contribution < 1.29 is 0 Å². The van der Waals surface area contributed by atoms with Crippen molar-refractivity contribution in [1.29, 1.82) is 0 Å². The van der Waals surface area contributed by atoms with Crippen LogP contribution in [0.4, 0.5) is 0 Å². The largest absolute Gasteiger partial charge is 0.312 e. The second-order valence-electron chi connectivity index (χ2n) is 8.10. The maximum absolute atomic E-state index is 3.71. The third-order valence-electron chi connectivity index (χ3n) is 4.69. The lowest BCUT2D eigenvalue weighted by Crippen LogP contribution is -2.56. The van der Waals surface area contributed by atoms with Gasteiger partial charge in [-0.3, -0.25) is 4.90 Å². The van der Waals surface area contributed by atoms with Crippen molar-refractivity contribution in [1.82, 2.24) is 10.2 Å². The van der Waals surface area contributed by atoms with E-state index in [2.05, 4.69) is 58.7 Å². The Bertz CT molecular complexity index is 263. The normalized spacial score (nSPS) is 23.7. The lowest BCUT2D eigenvalue weighted by atomic mass is 9.76. The van der Waals surface area contributed by atoms with Gasteiger partial charge in [-0.15, -0.1) is 0 Å². The molecule has 0 heterocycles. The lowest BCUT2D eigenvalue weighted by Gasteiger charge is -2.49. The molecule has 2 unspecified atom stereocenters. The summed E-state index contributed by atoms with van der Waals surface area (Å²) in [5.74, 6) is 1.63. The van der Waals surface area contributed by atoms with Crippen molar-refractivity contribution in [3.05, 3.63) is 0 Å². The van der Waals surface area contributed by atoms with Crippen LogP contribution < -0.4 is 5.32 Å². The van der Waals surface area contributed by atoms with E-state index in [-0.39, 0.29) is 5.54 Å². The predicted molar refractivity (Wildman–Crippen MR) is 90.2 cm³/mol. The van der Waals surface area contributed by atoms with Crippen LogP contribution in [0.5, 0.6) is 0 Å². The standard InChI is InChI=1S/C18H38N2/c1-8-16(9-2)20(13-14(3)4)17-11-10-15(17)12-19-18(5,6)7/h14-17,19H,8-13H2,1-7H3. The van der Waals surface area contributed by atoms with E-state index in [1.54, 1.807) is 0 Å². The van der Waals surface area contributed by atoms with Gasteiger partial charge in [-0.05, 0) is 64.8 Å². The zero-order valence-electron chi connectivity index (χ0n) is 15.0. The molecule has 0 spiro atoms. The summed E-state index contributed by atoms with van der Waals surface area (Å²) >= 11 is 0. The first-order valence-corrected chi connectivity index (χ1v) is 8.79. The van der Waals surface area contributed by atoms with Crippen LogP contribution in [0.3, 0.4) is 0 Å². The van der Waals surface area contributed by atoms with E-state index in [4.69, 9.17) is 0 Å². The third kappa shape index (κ3) is 5.37. The smallest absolute Gasteiger partial charge is 0.0139 e. The molecular formula is C18H38N2. The first kappa shape index (κ1) is 18.0. The van der Waals surface area contributed by atoms with Crippen LogP contribution in [-0.4, -0.2) is 35.6 Å². The van der Waals surface area contributed by atoms with Crippen molar-refractivity contribution in [2.75, 3.05) is 13.1 Å². The van der Waals surface area contributed by atoms with Gasteiger partial charge in [0.2, 0.25) is 0 Å². The van der Waals surface area contributed by atoms with Crippen molar-refractivity contribution in [2.45, 2.75) is 91.8 Å². The first-order chi connectivity index (χ1) is 9.28. The Morgan fingerprint density at radius 1 is 1.10 bits per heavy atom. The zero-order chi connectivity index (χ0) is 15.3. The zero-order valence-corrected chi connectivity index (χ0v) is 15.0. The summed E-state index contributed by atoms with van der Waals surface area (Å²) in [6.07, 6.45) is 5.39. The Kier molecular flexibility index (Phi) is 7.00. The summed E-state index contributed by atoms with van der Waals surface area (Å²) in [5, 5.41) is 3.71. The Labute approximate surface area is 127 Å². The molecule has 1 aliphatic rings. The molecule has 0 aromatic heterocycles. The molecule has 2 atom stereocenters. The molecule has 0 aliphatic heterocycles. The van der Waals surface area contributed by atoms with Gasteiger partial charge in [-0.2, -0.15) is 0 Å². The summed E-state index contributed by atoms with van der Waals surface area (Å²) in [6.45, 7) is 18.7. The number of nitrogens with zero attached hydrogens (tertiary/aromatic N) is 1. The first-order valence-electron chi connectivity index (χ1n) is 8.79. The van der Waals surface area contributed by atoms with Gasteiger partial charge in [0.1, 0.15) is 0 Å². The quantitative estimate of drug-likeness (QED) is 0.714. The van der Waals surface area contributed by atoms with Gasteiger partial charge in [0, 0.05) is 24.2 Å². The fourth-order valence-electron chi connectivity index (χ4n) is 3.40. The fourth-order valence-corrected chi connectivity index (χ4v) is 3.40. The monoisotopic (exact) mass is 282 g/mol. The summed E-state index contributed by atoms with van der Waals surface area (Å²) in [5.41, 5.74) is 0.248. The fraction of sp³-hybridized carbons (Fsp3) is 1.00. The highest BCUT2D eigenvalue weighted by Gasteiger charge is 2.37. The van der Waals surface area contributed by atoms with Crippen LogP contribution in [0.15, 0.2) is 0 Å². The van der Waals surface area contributed by atoms with Crippen molar-refractivity contribution in [3.8, 4) is 0 Å². The molecule has 2 nitrogen and oxygen atoms in total. The number of hydrogen-bond donors (Lipinski definition) is 1. The van der Waals surface area contributed by atoms with Crippen LogP contribution in [0.2, 0.25) is 0 Å². The number of nitrogens with one attached hydrogen (secondary N) is 1. The van der Waals surface area contributed by atoms with E-state index >= 15 is 0 Å². The molecule has 1 rings (SSSR count). The van der Waals surface area contributed by atoms with Gasteiger partial charge < -0.3 is 5.32 Å². The molecule has 0 bridgehead atoms. The van der Waals surface area contributed by atoms with E-state index in [1.807, 2.05) is 0 Å². The topological polar surface area (TPSA) is 15.3 Å². The molecule has 0 aromatic rings. The average molecular weight is 283 g/mol. The van der Waals surface area contributed by atoms with Gasteiger partial charge in [-0.25, -0.2) is 0 Å². The molecule has 20 heavy (non-hydrogen) atoms. The van der Waals surface area contributed by atoms with E-state index in [0.29, 0.717) is 0 Å². The number of hydrogen-bond acceptors (Lipinski definition) is 2. The maximum Gasteiger partial charge on any atom is 0.0139 e. The van der Waals surface area contributed by atoms with Crippen LogP contribution in [-0.2, 0) is 0 Å². The van der Waals surface area contributed by atoms with Crippen LogP contribution in [0.1, 0.15) is 74.1 Å². The molecule has 1 saturated carbocycles.